The SMILES string of the molecule is CC(=O)C=C1CCC(=CC(=O)O)CC1. The first-order valence-corrected chi connectivity index (χ1v) is 4.70. The highest BCUT2D eigenvalue weighted by molar-refractivity contribution is 5.88. The van der Waals surface area contributed by atoms with Crippen LogP contribution >= 0.6 is 0 Å². The summed E-state index contributed by atoms with van der Waals surface area (Å²) < 4.78 is 0. The lowest BCUT2D eigenvalue weighted by Crippen LogP contribution is -2.02. The summed E-state index contributed by atoms with van der Waals surface area (Å²) in [7, 11) is 0. The van der Waals surface area contributed by atoms with E-state index in [9.17, 15) is 9.59 Å². The standard InChI is InChI=1S/C11H14O3/c1-8(12)6-9-2-4-10(5-3-9)7-11(13)14/h6-7H,2-5H2,1H3,(H,13,14). The Kier molecular flexibility index (Phi) is 3.63. The van der Waals surface area contributed by atoms with Crippen LogP contribution in [0.1, 0.15) is 32.6 Å². The predicted octanol–water partition coefficient (Wildman–Crippen LogP) is 2.09. The van der Waals surface area contributed by atoms with Crippen molar-refractivity contribution in [3.05, 3.63) is 23.3 Å². The van der Waals surface area contributed by atoms with Crippen LogP contribution in [0.4, 0.5) is 0 Å². The van der Waals surface area contributed by atoms with Gasteiger partial charge < -0.3 is 5.11 Å². The van der Waals surface area contributed by atoms with E-state index in [1.54, 1.807) is 6.08 Å². The number of hydrogen-bond acceptors (Lipinski definition) is 2. The molecule has 0 spiro atoms. The monoisotopic (exact) mass is 194 g/mol. The molecule has 1 rings (SSSR count). The molecule has 1 fully saturated rings. The summed E-state index contributed by atoms with van der Waals surface area (Å²) in [5.41, 5.74) is 2.11. The quantitative estimate of drug-likeness (QED) is 0.685. The molecule has 0 aromatic rings. The zero-order valence-corrected chi connectivity index (χ0v) is 8.25. The molecule has 1 aliphatic rings. The van der Waals surface area contributed by atoms with Gasteiger partial charge in [-0.3, -0.25) is 4.79 Å². The number of aliphatic carboxylic acids is 1. The molecule has 0 aromatic carbocycles. The molecule has 3 nitrogen and oxygen atoms in total. The second kappa shape index (κ2) is 4.74. The molecule has 0 saturated heterocycles. The van der Waals surface area contributed by atoms with Gasteiger partial charge >= 0.3 is 5.97 Å². The van der Waals surface area contributed by atoms with Crippen molar-refractivity contribution in [1.29, 1.82) is 0 Å². The second-order valence-electron chi connectivity index (χ2n) is 3.55. The highest BCUT2D eigenvalue weighted by Gasteiger charge is 2.11. The normalized spacial score (nSPS) is 16.4. The van der Waals surface area contributed by atoms with Crippen molar-refractivity contribution in [2.45, 2.75) is 32.6 Å². The highest BCUT2D eigenvalue weighted by atomic mass is 16.4. The van der Waals surface area contributed by atoms with Gasteiger partial charge in [0.2, 0.25) is 0 Å². The number of carboxylic acid groups (broad SMARTS) is 1. The molecule has 3 heteroatoms. The van der Waals surface area contributed by atoms with E-state index < -0.39 is 5.97 Å². The maximum Gasteiger partial charge on any atom is 0.328 e. The fourth-order valence-electron chi connectivity index (χ4n) is 1.64. The summed E-state index contributed by atoms with van der Waals surface area (Å²) in [6, 6.07) is 0. The number of hydrogen-bond donors (Lipinski definition) is 1. The summed E-state index contributed by atoms with van der Waals surface area (Å²) in [6.45, 7) is 1.54. The van der Waals surface area contributed by atoms with Gasteiger partial charge in [-0.15, -0.1) is 0 Å². The van der Waals surface area contributed by atoms with Gasteiger partial charge in [0.05, 0.1) is 0 Å². The van der Waals surface area contributed by atoms with Crippen molar-refractivity contribution in [1.82, 2.24) is 0 Å². The summed E-state index contributed by atoms with van der Waals surface area (Å²) in [4.78, 5) is 21.2. The van der Waals surface area contributed by atoms with Crippen LogP contribution in [0.2, 0.25) is 0 Å². The van der Waals surface area contributed by atoms with Gasteiger partial charge in [-0.1, -0.05) is 11.1 Å². The van der Waals surface area contributed by atoms with Crippen LogP contribution in [0, 0.1) is 0 Å². The first-order chi connectivity index (χ1) is 6.58. The van der Waals surface area contributed by atoms with Crippen LogP contribution in [-0.4, -0.2) is 16.9 Å². The van der Waals surface area contributed by atoms with E-state index >= 15 is 0 Å². The molecule has 1 N–H and O–H groups in total. The largest absolute Gasteiger partial charge is 0.478 e. The predicted molar refractivity (Wildman–Crippen MR) is 53.0 cm³/mol. The average Bonchev–Trinajstić information content (AvgIpc) is 2.06. The molecule has 0 aliphatic heterocycles. The molecule has 0 aromatic heterocycles. The van der Waals surface area contributed by atoms with Crippen LogP contribution in [0.25, 0.3) is 0 Å². The number of allylic oxidation sites excluding steroid dienone is 3. The lowest BCUT2D eigenvalue weighted by molar-refractivity contribution is -0.131. The maximum absolute atomic E-state index is 10.8. The molecular formula is C11H14O3. The average molecular weight is 194 g/mol. The van der Waals surface area contributed by atoms with E-state index in [0.717, 1.165) is 36.8 Å². The number of carboxylic acids is 1. The molecule has 0 unspecified atom stereocenters. The Bertz CT molecular complexity index is 266. The molecule has 1 saturated carbocycles. The van der Waals surface area contributed by atoms with Gasteiger partial charge in [-0.25, -0.2) is 4.79 Å². The third-order valence-corrected chi connectivity index (χ3v) is 2.27. The second-order valence-corrected chi connectivity index (χ2v) is 3.55. The third-order valence-electron chi connectivity index (χ3n) is 2.27. The number of carbonyl (C=O) groups excluding carboxylic acids is 1. The molecule has 0 bridgehead atoms. The van der Waals surface area contributed by atoms with Crippen molar-refractivity contribution in [2.75, 3.05) is 0 Å². The first-order valence-electron chi connectivity index (χ1n) is 4.70. The fraction of sp³-hybridized carbons (Fsp3) is 0.455. The minimum Gasteiger partial charge on any atom is -0.478 e. The van der Waals surface area contributed by atoms with Crippen molar-refractivity contribution in [3.63, 3.8) is 0 Å². The van der Waals surface area contributed by atoms with Crippen molar-refractivity contribution in [3.8, 4) is 0 Å². The Labute approximate surface area is 83.1 Å². The molecule has 14 heavy (non-hydrogen) atoms. The summed E-state index contributed by atoms with van der Waals surface area (Å²) >= 11 is 0. The minimum absolute atomic E-state index is 0.0747. The first kappa shape index (κ1) is 10.7. The Hall–Kier alpha value is -1.38. The van der Waals surface area contributed by atoms with Gasteiger partial charge in [0.1, 0.15) is 0 Å². The van der Waals surface area contributed by atoms with Crippen molar-refractivity contribution < 1.29 is 14.7 Å². The zero-order valence-electron chi connectivity index (χ0n) is 8.25. The smallest absolute Gasteiger partial charge is 0.328 e. The summed E-state index contributed by atoms with van der Waals surface area (Å²) in [5.74, 6) is -0.801. The van der Waals surface area contributed by atoms with Crippen LogP contribution in [0.15, 0.2) is 23.3 Å². The Morgan fingerprint density at radius 2 is 1.50 bits per heavy atom. The summed E-state index contributed by atoms with van der Waals surface area (Å²) in [6.07, 6.45) is 6.12. The molecule has 1 aliphatic carbocycles. The number of carbonyl (C=O) groups is 2. The molecular weight excluding hydrogens is 180 g/mol. The topological polar surface area (TPSA) is 54.4 Å². The van der Waals surface area contributed by atoms with Gasteiger partial charge in [-0.2, -0.15) is 0 Å². The minimum atomic E-state index is -0.876. The van der Waals surface area contributed by atoms with Crippen LogP contribution < -0.4 is 0 Å². The van der Waals surface area contributed by atoms with Crippen LogP contribution in [0.3, 0.4) is 0 Å². The lowest BCUT2D eigenvalue weighted by atomic mass is 9.89. The van der Waals surface area contributed by atoms with Gasteiger partial charge in [-0.05, 0) is 38.7 Å². The molecule has 0 amide bonds. The molecule has 76 valence electrons. The van der Waals surface area contributed by atoms with Gasteiger partial charge in [0, 0.05) is 6.08 Å². The summed E-state index contributed by atoms with van der Waals surface area (Å²) in [5, 5.41) is 8.53. The highest BCUT2D eigenvalue weighted by Crippen LogP contribution is 2.27. The van der Waals surface area contributed by atoms with Crippen molar-refractivity contribution in [2.24, 2.45) is 0 Å². The maximum atomic E-state index is 10.8. The Morgan fingerprint density at radius 3 is 1.86 bits per heavy atom. The van der Waals surface area contributed by atoms with E-state index in [2.05, 4.69) is 0 Å². The molecule has 0 atom stereocenters. The van der Waals surface area contributed by atoms with Gasteiger partial charge in [0.15, 0.2) is 5.78 Å². The molecule has 0 heterocycles. The van der Waals surface area contributed by atoms with E-state index in [0.29, 0.717) is 0 Å². The lowest BCUT2D eigenvalue weighted by Gasteiger charge is -2.16. The number of ketones is 1. The fourth-order valence-corrected chi connectivity index (χ4v) is 1.64. The van der Waals surface area contributed by atoms with Crippen molar-refractivity contribution >= 4 is 11.8 Å². The van der Waals surface area contributed by atoms with Gasteiger partial charge in [0.25, 0.3) is 0 Å². The van der Waals surface area contributed by atoms with E-state index in [1.165, 1.54) is 13.0 Å². The van der Waals surface area contributed by atoms with E-state index in [1.807, 2.05) is 0 Å². The zero-order chi connectivity index (χ0) is 10.6. The van der Waals surface area contributed by atoms with E-state index in [4.69, 9.17) is 5.11 Å². The third kappa shape index (κ3) is 3.56. The van der Waals surface area contributed by atoms with E-state index in [-0.39, 0.29) is 5.78 Å². The molecule has 0 radical (unpaired) electrons. The Balaban J connectivity index is 2.54. The van der Waals surface area contributed by atoms with Crippen LogP contribution in [0.5, 0.6) is 0 Å². The number of rotatable bonds is 2. The van der Waals surface area contributed by atoms with Crippen LogP contribution in [-0.2, 0) is 9.59 Å². The Morgan fingerprint density at radius 1 is 1.07 bits per heavy atom.